The first-order valence-electron chi connectivity index (χ1n) is 10.4. The summed E-state index contributed by atoms with van der Waals surface area (Å²) >= 11 is 3.74. The molecular formula is C21H22BrN3O5S. The molecule has 3 aliphatic carbocycles. The fourth-order valence-corrected chi connectivity index (χ4v) is 6.73. The van der Waals surface area contributed by atoms with E-state index in [9.17, 15) is 13.2 Å². The van der Waals surface area contributed by atoms with E-state index in [1.54, 1.807) is 0 Å². The number of aryl methyl sites for hydroxylation is 1. The highest BCUT2D eigenvalue weighted by atomic mass is 79.9. The van der Waals surface area contributed by atoms with Crippen LogP contribution in [0.5, 0.6) is 0 Å². The zero-order valence-electron chi connectivity index (χ0n) is 16.8. The molecule has 0 saturated heterocycles. The summed E-state index contributed by atoms with van der Waals surface area (Å²) < 4.78 is 34.3. The van der Waals surface area contributed by atoms with Crippen molar-refractivity contribution in [1.29, 1.82) is 0 Å². The van der Waals surface area contributed by atoms with Gasteiger partial charge in [-0.15, -0.1) is 0 Å². The van der Waals surface area contributed by atoms with Crippen molar-refractivity contribution in [2.45, 2.75) is 62.9 Å². The lowest BCUT2D eigenvalue weighted by molar-refractivity contribution is 0.256. The van der Waals surface area contributed by atoms with E-state index in [4.69, 9.17) is 9.62 Å². The van der Waals surface area contributed by atoms with Crippen molar-refractivity contribution in [2.24, 2.45) is 5.16 Å². The van der Waals surface area contributed by atoms with Crippen LogP contribution in [-0.2, 0) is 42.1 Å². The van der Waals surface area contributed by atoms with Crippen LogP contribution in [0, 0.1) is 0 Å². The molecule has 3 aliphatic rings. The fraction of sp³-hybridized carbons (Fsp3) is 0.429. The number of carbonyl (C=O) groups is 1. The Morgan fingerprint density at radius 3 is 2.26 bits per heavy atom. The van der Waals surface area contributed by atoms with Gasteiger partial charge >= 0.3 is 6.03 Å². The number of nitrogens with one attached hydrogen (secondary N) is 2. The van der Waals surface area contributed by atoms with E-state index in [2.05, 4.69) is 31.1 Å². The Hall–Kier alpha value is -2.33. The number of amides is 2. The first-order chi connectivity index (χ1) is 14.9. The van der Waals surface area contributed by atoms with Gasteiger partial charge in [-0.25, -0.2) is 9.52 Å². The molecule has 31 heavy (non-hydrogen) atoms. The molecule has 0 aliphatic heterocycles. The van der Waals surface area contributed by atoms with E-state index in [1.807, 2.05) is 0 Å². The third-order valence-corrected chi connectivity index (χ3v) is 8.48. The number of benzene rings is 1. The Labute approximate surface area is 188 Å². The Morgan fingerprint density at radius 2 is 1.61 bits per heavy atom. The maximum atomic E-state index is 12.8. The predicted octanol–water partition coefficient (Wildman–Crippen LogP) is 4.04. The van der Waals surface area contributed by atoms with Crippen LogP contribution in [0.1, 0.15) is 59.3 Å². The molecule has 8 nitrogen and oxygen atoms in total. The van der Waals surface area contributed by atoms with Gasteiger partial charge in [0.25, 0.3) is 10.0 Å². The topological polar surface area (TPSA) is 121 Å². The van der Waals surface area contributed by atoms with E-state index >= 15 is 0 Å². The van der Waals surface area contributed by atoms with Crippen LogP contribution >= 0.6 is 15.9 Å². The van der Waals surface area contributed by atoms with Crippen LogP contribution in [0.3, 0.4) is 0 Å². The summed E-state index contributed by atoms with van der Waals surface area (Å²) in [5.41, 5.74) is 6.23. The van der Waals surface area contributed by atoms with E-state index in [0.29, 0.717) is 36.3 Å². The van der Waals surface area contributed by atoms with Crippen molar-refractivity contribution >= 4 is 43.4 Å². The highest BCUT2D eigenvalue weighted by molar-refractivity contribution is 9.10. The summed E-state index contributed by atoms with van der Waals surface area (Å²) in [4.78, 5) is 12.7. The zero-order chi connectivity index (χ0) is 21.8. The number of anilines is 1. The molecule has 3 N–H and O–H groups in total. The average Bonchev–Trinajstić information content (AvgIpc) is 3.49. The summed E-state index contributed by atoms with van der Waals surface area (Å²) in [6, 6.07) is 0.504. The number of hydrogen-bond donors (Lipinski definition) is 3. The normalized spacial score (nSPS) is 18.5. The first kappa shape index (κ1) is 20.6. The highest BCUT2D eigenvalue weighted by Gasteiger charge is 2.31. The lowest BCUT2D eigenvalue weighted by atomic mass is 9.97. The molecule has 0 radical (unpaired) electrons. The number of nitrogens with zero attached hydrogens (tertiary/aromatic N) is 1. The zero-order valence-corrected chi connectivity index (χ0v) is 19.2. The number of furan rings is 1. The van der Waals surface area contributed by atoms with Gasteiger partial charge in [0, 0.05) is 28.2 Å². The molecule has 1 heterocycles. The van der Waals surface area contributed by atoms with Gasteiger partial charge in [-0.3, -0.25) is 0 Å². The summed E-state index contributed by atoms with van der Waals surface area (Å²) in [7, 11) is -4.22. The Balaban J connectivity index is 1.42. The summed E-state index contributed by atoms with van der Waals surface area (Å²) in [6.07, 6.45) is 7.43. The average molecular weight is 508 g/mol. The van der Waals surface area contributed by atoms with Crippen LogP contribution in [0.4, 0.5) is 10.5 Å². The van der Waals surface area contributed by atoms with Crippen molar-refractivity contribution in [1.82, 2.24) is 4.72 Å². The minimum absolute atomic E-state index is 0.359. The lowest BCUT2D eigenvalue weighted by Crippen LogP contribution is -2.34. The standard InChI is InChI=1S/C21H22BrN3O5S/c22-19-11-4-1-6-13(11)20(14-7-2-5-12(14)19)23-21(26)25-31(28,29)18-10-15-16(24-27)8-3-9-17(15)30-18/h10,27H,1-9H2,(H2,23,25,26)/b24-16-. The molecular weight excluding hydrogens is 486 g/mol. The number of fused-ring (bicyclic) bond motifs is 3. The van der Waals surface area contributed by atoms with Crippen molar-refractivity contribution in [2.75, 3.05) is 5.32 Å². The van der Waals surface area contributed by atoms with Gasteiger partial charge in [0.15, 0.2) is 0 Å². The molecule has 0 bridgehead atoms. The molecule has 0 spiro atoms. The molecule has 1 aromatic carbocycles. The van der Waals surface area contributed by atoms with E-state index in [0.717, 1.165) is 59.8 Å². The van der Waals surface area contributed by atoms with Crippen molar-refractivity contribution in [3.63, 3.8) is 0 Å². The second-order valence-electron chi connectivity index (χ2n) is 8.17. The van der Waals surface area contributed by atoms with Gasteiger partial charge in [0.2, 0.25) is 5.09 Å². The minimum Gasteiger partial charge on any atom is -0.447 e. The molecule has 2 aromatic rings. The lowest BCUT2D eigenvalue weighted by Gasteiger charge is -2.18. The molecule has 0 unspecified atom stereocenters. The highest BCUT2D eigenvalue weighted by Crippen LogP contribution is 2.44. The summed E-state index contributed by atoms with van der Waals surface area (Å²) in [5.74, 6) is 0.448. The van der Waals surface area contributed by atoms with Crippen LogP contribution in [0.25, 0.3) is 0 Å². The third-order valence-electron chi connectivity index (χ3n) is 6.33. The maximum absolute atomic E-state index is 12.8. The van der Waals surface area contributed by atoms with Gasteiger partial charge < -0.3 is 14.9 Å². The van der Waals surface area contributed by atoms with E-state index < -0.39 is 16.1 Å². The molecule has 10 heteroatoms. The van der Waals surface area contributed by atoms with Gasteiger partial charge in [-0.2, -0.15) is 8.42 Å². The van der Waals surface area contributed by atoms with Gasteiger partial charge in [-0.05, 0) is 73.6 Å². The first-order valence-corrected chi connectivity index (χ1v) is 12.7. The summed E-state index contributed by atoms with van der Waals surface area (Å²) in [5, 5.41) is 14.8. The molecule has 0 atom stereocenters. The molecule has 2 amide bonds. The molecule has 164 valence electrons. The predicted molar refractivity (Wildman–Crippen MR) is 118 cm³/mol. The van der Waals surface area contributed by atoms with Crippen molar-refractivity contribution < 1.29 is 22.8 Å². The monoisotopic (exact) mass is 507 g/mol. The number of hydrogen-bond acceptors (Lipinski definition) is 6. The van der Waals surface area contributed by atoms with Gasteiger partial charge in [-0.1, -0.05) is 21.1 Å². The molecule has 1 aromatic heterocycles. The number of halogens is 1. The Bertz CT molecular complexity index is 1200. The number of carbonyl (C=O) groups excluding carboxylic acids is 1. The summed E-state index contributed by atoms with van der Waals surface area (Å²) in [6.45, 7) is 0. The maximum Gasteiger partial charge on any atom is 0.333 e. The second kappa shape index (κ2) is 7.67. The van der Waals surface area contributed by atoms with Crippen LogP contribution in [0.2, 0.25) is 0 Å². The van der Waals surface area contributed by atoms with Gasteiger partial charge in [0.05, 0.1) is 5.71 Å². The van der Waals surface area contributed by atoms with Crippen LogP contribution in [0.15, 0.2) is 25.2 Å². The van der Waals surface area contributed by atoms with Crippen molar-refractivity contribution in [3.8, 4) is 0 Å². The van der Waals surface area contributed by atoms with Gasteiger partial charge in [0.1, 0.15) is 5.76 Å². The van der Waals surface area contributed by atoms with E-state index in [-0.39, 0.29) is 5.09 Å². The van der Waals surface area contributed by atoms with E-state index in [1.165, 1.54) is 17.2 Å². The molecule has 0 fully saturated rings. The number of urea groups is 1. The Kier molecular flexibility index (Phi) is 5.09. The molecule has 5 rings (SSSR count). The smallest absolute Gasteiger partial charge is 0.333 e. The van der Waals surface area contributed by atoms with Crippen LogP contribution < -0.4 is 10.0 Å². The number of rotatable bonds is 3. The largest absolute Gasteiger partial charge is 0.447 e. The fourth-order valence-electron chi connectivity index (χ4n) is 4.97. The van der Waals surface area contributed by atoms with Crippen LogP contribution in [-0.4, -0.2) is 25.4 Å². The quantitative estimate of drug-likeness (QED) is 0.427. The minimum atomic E-state index is -4.22. The third kappa shape index (κ3) is 3.45. The number of oxime groups is 1. The number of sulfonamides is 1. The Morgan fingerprint density at radius 1 is 1.00 bits per heavy atom. The second-order valence-corrected chi connectivity index (χ2v) is 10.6. The molecule has 0 saturated carbocycles. The SMILES string of the molecule is O=C(Nc1c2c(c(Br)c3c1CCC3)CCC2)NS(=O)(=O)c1cc2c(o1)CCC/C2=N/O. The van der Waals surface area contributed by atoms with Crippen molar-refractivity contribution in [3.05, 3.63) is 44.1 Å².